The topological polar surface area (TPSA) is 0 Å². The van der Waals surface area contributed by atoms with Crippen LogP contribution in [-0.4, -0.2) is 88.2 Å². The Labute approximate surface area is 283 Å². The first kappa shape index (κ1) is 44.2. The van der Waals surface area contributed by atoms with E-state index in [-0.39, 0.29) is 0 Å². The monoisotopic (exact) mass is 615 g/mol. The van der Waals surface area contributed by atoms with Gasteiger partial charge in [-0.05, 0) is 38.5 Å². The quantitative estimate of drug-likeness (QED) is 0.0510. The molecule has 0 aromatic heterocycles. The number of hydrogen-bond donors (Lipinski definition) is 0. The van der Waals surface area contributed by atoms with Crippen LogP contribution in [-0.2, 0) is 0 Å². The minimum Gasteiger partial charge on any atom is -0.319 e. The molecule has 6 heteroatoms. The Morgan fingerprint density at radius 1 is 0.273 bits per heavy atom. The Hall–Kier alpha value is 0.180. The van der Waals surface area contributed by atoms with Gasteiger partial charge < -0.3 is 8.97 Å². The zero-order chi connectivity index (χ0) is 33.1. The molecule has 0 aromatic rings. The van der Waals surface area contributed by atoms with Crippen LogP contribution >= 0.6 is 0 Å². The van der Waals surface area contributed by atoms with Crippen molar-refractivity contribution in [1.82, 2.24) is 0 Å². The summed E-state index contributed by atoms with van der Waals surface area (Å²) in [5.41, 5.74) is 0. The third-order valence-electron chi connectivity index (χ3n) is 12.6. The third kappa shape index (κ3) is 19.1. The number of unbranched alkanes of at least 4 members (excludes halogenated alkanes) is 2. The van der Waals surface area contributed by atoms with Crippen LogP contribution in [0.15, 0.2) is 0 Å². The van der Waals surface area contributed by atoms with Gasteiger partial charge in [0.1, 0.15) is 39.9 Å². The van der Waals surface area contributed by atoms with Gasteiger partial charge in [-0.2, -0.15) is 0 Å². The summed E-state index contributed by atoms with van der Waals surface area (Å²) in [6.45, 7) is 39.5. The lowest BCUT2D eigenvalue weighted by atomic mass is 9.43. The molecule has 0 amide bonds. The van der Waals surface area contributed by atoms with Crippen molar-refractivity contribution in [2.24, 2.45) is 0 Å². The van der Waals surface area contributed by atoms with E-state index in [0.717, 1.165) is 26.9 Å². The maximum Gasteiger partial charge on any atom is 0.139 e. The van der Waals surface area contributed by atoms with Crippen molar-refractivity contribution >= 4 is 26.9 Å². The van der Waals surface area contributed by atoms with Crippen molar-refractivity contribution in [1.29, 1.82) is 0 Å². The summed E-state index contributed by atoms with van der Waals surface area (Å²) in [6, 6.07) is 0. The normalized spacial score (nSPS) is 12.1. The molecule has 0 radical (unpaired) electrons. The molecule has 0 heterocycles. The molecule has 0 aliphatic rings. The van der Waals surface area contributed by atoms with Crippen LogP contribution < -0.4 is 0 Å². The van der Waals surface area contributed by atoms with E-state index in [1.54, 1.807) is 0 Å². The van der Waals surface area contributed by atoms with Crippen LogP contribution in [0.25, 0.3) is 0 Å². The standard InChI is InChI=1S/C38H86B4N2/c1-11-21-31-43(33-23-27-39(13-3)14-4,34-24-28-40(15-5)16-6)37-38-44(32-22-12-2,35-25-29-41(17-7)18-8)36-26-30-42(19-9)20-10/h11-38H2,1-10H3/q+2. The molecule has 0 aliphatic heterocycles. The van der Waals surface area contributed by atoms with E-state index in [0.29, 0.717) is 0 Å². The van der Waals surface area contributed by atoms with Crippen molar-refractivity contribution in [2.75, 3.05) is 52.4 Å². The molecular weight excluding hydrogens is 528 g/mol. The highest BCUT2D eigenvalue weighted by molar-refractivity contribution is 6.59. The zero-order valence-corrected chi connectivity index (χ0v) is 33.0. The Kier molecular flexibility index (Phi) is 28.3. The predicted molar refractivity (Wildman–Crippen MR) is 214 cm³/mol. The third-order valence-corrected chi connectivity index (χ3v) is 12.6. The molecule has 2 nitrogen and oxygen atoms in total. The Balaban J connectivity index is 6.21. The van der Waals surface area contributed by atoms with Crippen LogP contribution in [0, 0.1) is 0 Å². The molecule has 0 aliphatic carbocycles. The van der Waals surface area contributed by atoms with E-state index < -0.39 is 0 Å². The van der Waals surface area contributed by atoms with E-state index in [1.807, 2.05) is 0 Å². The molecule has 258 valence electrons. The van der Waals surface area contributed by atoms with E-state index in [9.17, 15) is 0 Å². The van der Waals surface area contributed by atoms with Crippen LogP contribution in [0.1, 0.15) is 121 Å². The highest BCUT2D eigenvalue weighted by atomic mass is 15.4. The minimum absolute atomic E-state index is 0.933. The summed E-state index contributed by atoms with van der Waals surface area (Å²) < 4.78 is 2.86. The van der Waals surface area contributed by atoms with Crippen molar-refractivity contribution in [3.63, 3.8) is 0 Å². The number of hydrogen-bond acceptors (Lipinski definition) is 0. The molecule has 0 saturated heterocycles. The summed E-state index contributed by atoms with van der Waals surface area (Å²) in [5, 5.41) is 0. The zero-order valence-electron chi connectivity index (χ0n) is 33.0. The van der Waals surface area contributed by atoms with Gasteiger partial charge in [-0.1, -0.05) is 158 Å². The first-order valence-corrected chi connectivity index (χ1v) is 21.0. The molecule has 0 unspecified atom stereocenters. The molecule has 0 saturated carbocycles. The molecule has 0 aromatic carbocycles. The molecule has 0 fully saturated rings. The van der Waals surface area contributed by atoms with Crippen molar-refractivity contribution < 1.29 is 8.97 Å². The molecule has 44 heavy (non-hydrogen) atoms. The first-order chi connectivity index (χ1) is 21.3. The van der Waals surface area contributed by atoms with Gasteiger partial charge in [0.05, 0.1) is 39.3 Å². The SMILES string of the molecule is CCCC[N+](CCCB(CC)CC)(CCCB(CC)CC)CC[N+](CCCC)(CCCB(CC)CC)CCCB(CC)CC. The Morgan fingerprint density at radius 3 is 0.659 bits per heavy atom. The van der Waals surface area contributed by atoms with Crippen LogP contribution in [0.5, 0.6) is 0 Å². The second-order valence-corrected chi connectivity index (χ2v) is 15.5. The minimum atomic E-state index is 0.933. The van der Waals surface area contributed by atoms with Gasteiger partial charge >= 0.3 is 0 Å². The molecule has 0 N–H and O–H groups in total. The number of rotatable bonds is 33. The van der Waals surface area contributed by atoms with Gasteiger partial charge in [0.25, 0.3) is 0 Å². The van der Waals surface area contributed by atoms with Gasteiger partial charge in [0, 0.05) is 0 Å². The summed E-state index contributed by atoms with van der Waals surface area (Å²) in [5.74, 6) is 0. The molecular formula is C38H86B4N2+2. The lowest BCUT2D eigenvalue weighted by Crippen LogP contribution is -2.59. The van der Waals surface area contributed by atoms with E-state index in [1.165, 1.54) is 189 Å². The van der Waals surface area contributed by atoms with Crippen LogP contribution in [0.2, 0.25) is 75.8 Å². The highest BCUT2D eigenvalue weighted by Crippen LogP contribution is 2.24. The maximum absolute atomic E-state index is 2.43. The summed E-state index contributed by atoms with van der Waals surface area (Å²) in [6.07, 6.45) is 28.0. The Bertz CT molecular complexity index is 516. The molecule has 0 atom stereocenters. The smallest absolute Gasteiger partial charge is 0.139 e. The largest absolute Gasteiger partial charge is 0.319 e. The van der Waals surface area contributed by atoms with Gasteiger partial charge in [0.2, 0.25) is 0 Å². The molecule has 0 bridgehead atoms. The number of quaternary nitrogens is 2. The van der Waals surface area contributed by atoms with Crippen molar-refractivity contribution in [2.45, 2.75) is 196 Å². The fourth-order valence-corrected chi connectivity index (χ4v) is 8.40. The van der Waals surface area contributed by atoms with Crippen molar-refractivity contribution in [3.05, 3.63) is 0 Å². The second-order valence-electron chi connectivity index (χ2n) is 15.5. The van der Waals surface area contributed by atoms with E-state index in [4.69, 9.17) is 0 Å². The average molecular weight is 614 g/mol. The van der Waals surface area contributed by atoms with E-state index >= 15 is 0 Å². The molecule has 0 rings (SSSR count). The summed E-state index contributed by atoms with van der Waals surface area (Å²) in [4.78, 5) is 0. The van der Waals surface area contributed by atoms with Gasteiger partial charge in [0.15, 0.2) is 0 Å². The van der Waals surface area contributed by atoms with Gasteiger partial charge in [-0.15, -0.1) is 0 Å². The highest BCUT2D eigenvalue weighted by Gasteiger charge is 2.34. The fourth-order valence-electron chi connectivity index (χ4n) is 8.40. The average Bonchev–Trinajstić information content (AvgIpc) is 3.05. The summed E-state index contributed by atoms with van der Waals surface area (Å²) >= 11 is 0. The first-order valence-electron chi connectivity index (χ1n) is 21.0. The summed E-state index contributed by atoms with van der Waals surface area (Å²) in [7, 11) is 0. The molecule has 0 spiro atoms. The predicted octanol–water partition coefficient (Wildman–Crippen LogP) is 11.9. The lowest BCUT2D eigenvalue weighted by Gasteiger charge is -2.45. The van der Waals surface area contributed by atoms with Crippen LogP contribution in [0.3, 0.4) is 0 Å². The number of nitrogens with zero attached hydrogens (tertiary/aromatic N) is 2. The second kappa shape index (κ2) is 28.2. The lowest BCUT2D eigenvalue weighted by molar-refractivity contribution is -0.981. The van der Waals surface area contributed by atoms with Gasteiger partial charge in [-0.25, -0.2) is 0 Å². The van der Waals surface area contributed by atoms with Gasteiger partial charge in [-0.3, -0.25) is 0 Å². The van der Waals surface area contributed by atoms with Crippen LogP contribution in [0.4, 0.5) is 0 Å². The van der Waals surface area contributed by atoms with E-state index in [2.05, 4.69) is 69.2 Å². The Morgan fingerprint density at radius 2 is 0.477 bits per heavy atom. The fraction of sp³-hybridized carbons (Fsp3) is 1.00. The van der Waals surface area contributed by atoms with Crippen molar-refractivity contribution in [3.8, 4) is 0 Å². The maximum atomic E-state index is 2.43.